The van der Waals surface area contributed by atoms with Crippen molar-refractivity contribution in [3.8, 4) is 5.88 Å². The fourth-order valence-corrected chi connectivity index (χ4v) is 2.82. The third-order valence-corrected chi connectivity index (χ3v) is 4.08. The number of nitro groups is 1. The van der Waals surface area contributed by atoms with Crippen molar-refractivity contribution in [2.45, 2.75) is 0 Å². The second-order valence-electron chi connectivity index (χ2n) is 5.43. The lowest BCUT2D eigenvalue weighted by molar-refractivity contribution is -0.384. The third kappa shape index (κ3) is 5.18. The number of carbonyl (C=O) groups excluding carboxylic acids is 1. The highest BCUT2D eigenvalue weighted by atomic mass is 32.1. The molecule has 0 radical (unpaired) electrons. The normalized spacial score (nSPS) is 14.3. The first-order chi connectivity index (χ1) is 13.1. The number of ether oxygens (including phenoxy) is 2. The fourth-order valence-electron chi connectivity index (χ4n) is 2.30. The molecule has 1 aromatic carbocycles. The van der Waals surface area contributed by atoms with Gasteiger partial charge >= 0.3 is 0 Å². The number of hydrogen-bond acceptors (Lipinski definition) is 10. The van der Waals surface area contributed by atoms with E-state index in [1.54, 1.807) is 6.07 Å². The van der Waals surface area contributed by atoms with Gasteiger partial charge in [0.2, 0.25) is 5.82 Å². The summed E-state index contributed by atoms with van der Waals surface area (Å²) in [6, 6.07) is 5.89. The number of amides is 1. The van der Waals surface area contributed by atoms with Crippen LogP contribution in [0, 0.1) is 10.1 Å². The molecule has 0 unspecified atom stereocenters. The van der Waals surface area contributed by atoms with E-state index in [0.717, 1.165) is 11.7 Å². The standard InChI is InChI=1S/C15H16N6O5S/c22-13(17-16-9-11-2-1-3-12(8-11)21(23)24)10-26-15-14(18-27-19-15)20-4-6-25-7-5-20/h1-3,8-9H,4-7,10H2,(H,17,22)/b16-9-. The minimum absolute atomic E-state index is 0.0553. The van der Waals surface area contributed by atoms with Gasteiger partial charge in [0.15, 0.2) is 6.61 Å². The Labute approximate surface area is 158 Å². The predicted molar refractivity (Wildman–Crippen MR) is 97.3 cm³/mol. The number of nitrogens with zero attached hydrogens (tertiary/aromatic N) is 5. The molecule has 1 fully saturated rings. The second kappa shape index (κ2) is 9.00. The van der Waals surface area contributed by atoms with Crippen molar-refractivity contribution in [3.63, 3.8) is 0 Å². The number of rotatable bonds is 7. The van der Waals surface area contributed by atoms with E-state index < -0.39 is 10.8 Å². The molecule has 1 amide bonds. The van der Waals surface area contributed by atoms with Crippen molar-refractivity contribution >= 4 is 35.4 Å². The Balaban J connectivity index is 1.50. The van der Waals surface area contributed by atoms with Crippen LogP contribution in [0.3, 0.4) is 0 Å². The first-order valence-electron chi connectivity index (χ1n) is 7.98. The van der Waals surface area contributed by atoms with E-state index in [-0.39, 0.29) is 12.3 Å². The number of hydrazone groups is 1. The van der Waals surface area contributed by atoms with Crippen LogP contribution in [0.2, 0.25) is 0 Å². The van der Waals surface area contributed by atoms with Gasteiger partial charge in [-0.2, -0.15) is 9.47 Å². The number of non-ortho nitro benzene ring substituents is 1. The molecule has 2 aromatic rings. The van der Waals surface area contributed by atoms with Gasteiger partial charge in [0.05, 0.1) is 36.1 Å². The summed E-state index contributed by atoms with van der Waals surface area (Å²) in [7, 11) is 0. The minimum atomic E-state index is -0.502. The minimum Gasteiger partial charge on any atom is -0.464 e. The van der Waals surface area contributed by atoms with Gasteiger partial charge in [-0.15, -0.1) is 4.37 Å². The monoisotopic (exact) mass is 392 g/mol. The van der Waals surface area contributed by atoms with E-state index >= 15 is 0 Å². The number of benzene rings is 1. The Kier molecular flexibility index (Phi) is 6.22. The Hall–Kier alpha value is -3.12. The molecule has 0 spiro atoms. The summed E-state index contributed by atoms with van der Waals surface area (Å²) in [5, 5.41) is 14.5. The van der Waals surface area contributed by atoms with Gasteiger partial charge in [0.25, 0.3) is 17.5 Å². The molecule has 0 saturated carbocycles. The van der Waals surface area contributed by atoms with Crippen molar-refractivity contribution in [1.29, 1.82) is 0 Å². The van der Waals surface area contributed by atoms with Gasteiger partial charge in [-0.25, -0.2) is 5.43 Å². The van der Waals surface area contributed by atoms with Crippen molar-refractivity contribution in [2.24, 2.45) is 5.10 Å². The van der Waals surface area contributed by atoms with E-state index in [0.29, 0.717) is 43.6 Å². The molecule has 12 heteroatoms. The molecule has 0 aliphatic carbocycles. The van der Waals surface area contributed by atoms with Crippen LogP contribution in [0.4, 0.5) is 11.5 Å². The molecule has 1 aliphatic heterocycles. The lowest BCUT2D eigenvalue weighted by Crippen LogP contribution is -2.36. The molecule has 0 atom stereocenters. The van der Waals surface area contributed by atoms with E-state index in [1.165, 1.54) is 24.4 Å². The average Bonchev–Trinajstić information content (AvgIpc) is 3.16. The molecule has 1 saturated heterocycles. The van der Waals surface area contributed by atoms with Gasteiger partial charge in [-0.05, 0) is 0 Å². The average molecular weight is 392 g/mol. The maximum atomic E-state index is 11.9. The van der Waals surface area contributed by atoms with Crippen molar-refractivity contribution < 1.29 is 19.2 Å². The molecular formula is C15H16N6O5S. The lowest BCUT2D eigenvalue weighted by Gasteiger charge is -2.26. The Morgan fingerprint density at radius 1 is 1.44 bits per heavy atom. The van der Waals surface area contributed by atoms with Gasteiger partial charge in [0.1, 0.15) is 0 Å². The van der Waals surface area contributed by atoms with Crippen LogP contribution >= 0.6 is 11.7 Å². The molecule has 11 nitrogen and oxygen atoms in total. The largest absolute Gasteiger partial charge is 0.464 e. The van der Waals surface area contributed by atoms with Crippen LogP contribution in [0.15, 0.2) is 29.4 Å². The zero-order valence-corrected chi connectivity index (χ0v) is 14.9. The lowest BCUT2D eigenvalue weighted by atomic mass is 10.2. The number of hydrogen-bond donors (Lipinski definition) is 1. The van der Waals surface area contributed by atoms with Crippen LogP contribution in [0.1, 0.15) is 5.56 Å². The summed E-state index contributed by atoms with van der Waals surface area (Å²) in [5.74, 6) is 0.397. The molecule has 142 valence electrons. The summed E-state index contributed by atoms with van der Waals surface area (Å²) >= 11 is 1.01. The van der Waals surface area contributed by atoms with E-state index in [4.69, 9.17) is 9.47 Å². The zero-order chi connectivity index (χ0) is 19.1. The third-order valence-electron chi connectivity index (χ3n) is 3.58. The molecule has 2 heterocycles. The topological polar surface area (TPSA) is 132 Å². The molecule has 27 heavy (non-hydrogen) atoms. The number of carbonyl (C=O) groups is 1. The van der Waals surface area contributed by atoms with Gasteiger partial charge in [-0.3, -0.25) is 14.9 Å². The highest BCUT2D eigenvalue weighted by Gasteiger charge is 2.20. The maximum absolute atomic E-state index is 11.9. The SMILES string of the molecule is O=C(COc1nsnc1N1CCOCC1)N/N=C\c1cccc([N+](=O)[O-])c1. The molecule has 1 aliphatic rings. The van der Waals surface area contributed by atoms with Crippen LogP contribution in [0.5, 0.6) is 5.88 Å². The van der Waals surface area contributed by atoms with Gasteiger partial charge in [0, 0.05) is 30.8 Å². The Morgan fingerprint density at radius 2 is 2.26 bits per heavy atom. The highest BCUT2D eigenvalue weighted by molar-refractivity contribution is 6.99. The van der Waals surface area contributed by atoms with Crippen LogP contribution in [0.25, 0.3) is 0 Å². The first kappa shape index (κ1) is 18.7. The summed E-state index contributed by atoms with van der Waals surface area (Å²) in [4.78, 5) is 24.1. The molecule has 3 rings (SSSR count). The van der Waals surface area contributed by atoms with Crippen LogP contribution in [-0.2, 0) is 9.53 Å². The Morgan fingerprint density at radius 3 is 3.04 bits per heavy atom. The van der Waals surface area contributed by atoms with E-state index in [2.05, 4.69) is 19.3 Å². The quantitative estimate of drug-likeness (QED) is 0.416. The number of anilines is 1. The number of morpholine rings is 1. The molecule has 1 N–H and O–H groups in total. The van der Waals surface area contributed by atoms with Crippen molar-refractivity contribution in [2.75, 3.05) is 37.8 Å². The number of aromatic nitrogens is 2. The summed E-state index contributed by atoms with van der Waals surface area (Å²) < 4.78 is 19.0. The molecular weight excluding hydrogens is 376 g/mol. The highest BCUT2D eigenvalue weighted by Crippen LogP contribution is 2.26. The van der Waals surface area contributed by atoms with E-state index in [9.17, 15) is 14.9 Å². The number of nitro benzene ring substituents is 1. The second-order valence-corrected chi connectivity index (χ2v) is 5.95. The predicted octanol–water partition coefficient (Wildman–Crippen LogP) is 0.812. The molecule has 1 aromatic heterocycles. The van der Waals surface area contributed by atoms with Crippen molar-refractivity contribution in [3.05, 3.63) is 39.9 Å². The first-order valence-corrected chi connectivity index (χ1v) is 8.71. The van der Waals surface area contributed by atoms with Crippen LogP contribution < -0.4 is 15.1 Å². The summed E-state index contributed by atoms with van der Waals surface area (Å²) in [5.41, 5.74) is 2.73. The summed E-state index contributed by atoms with van der Waals surface area (Å²) in [6.07, 6.45) is 1.31. The summed E-state index contributed by atoms with van der Waals surface area (Å²) in [6.45, 7) is 2.28. The number of nitrogens with one attached hydrogen (secondary N) is 1. The van der Waals surface area contributed by atoms with Gasteiger partial charge < -0.3 is 14.4 Å². The molecule has 0 bridgehead atoms. The van der Waals surface area contributed by atoms with Gasteiger partial charge in [-0.1, -0.05) is 12.1 Å². The zero-order valence-electron chi connectivity index (χ0n) is 14.1. The van der Waals surface area contributed by atoms with Crippen molar-refractivity contribution in [1.82, 2.24) is 14.2 Å². The smallest absolute Gasteiger partial charge is 0.278 e. The van der Waals surface area contributed by atoms with Crippen LogP contribution in [-0.4, -0.2) is 58.7 Å². The maximum Gasteiger partial charge on any atom is 0.278 e. The van der Waals surface area contributed by atoms with E-state index in [1.807, 2.05) is 4.90 Å². The fraction of sp³-hybridized carbons (Fsp3) is 0.333. The Bertz CT molecular complexity index is 836.